The molecule has 1 aliphatic carbocycles. The number of halogens is 1. The first kappa shape index (κ1) is 10.7. The van der Waals surface area contributed by atoms with E-state index < -0.39 is 0 Å². The quantitative estimate of drug-likeness (QED) is 0.779. The minimum Gasteiger partial charge on any atom is -0.309 e. The van der Waals surface area contributed by atoms with Crippen molar-refractivity contribution in [1.82, 2.24) is 14.8 Å². The highest BCUT2D eigenvalue weighted by molar-refractivity contribution is 6.34. The Balaban J connectivity index is 2.39. The molecule has 0 amide bonds. The number of nitrogens with zero attached hydrogens (tertiary/aromatic N) is 3. The first-order chi connectivity index (χ1) is 8.01. The minimum atomic E-state index is -0.0359. The van der Waals surface area contributed by atoms with Crippen LogP contribution in [0, 0.1) is 6.92 Å². The van der Waals surface area contributed by atoms with Gasteiger partial charge in [0.05, 0.1) is 5.69 Å². The van der Waals surface area contributed by atoms with Gasteiger partial charge in [0.2, 0.25) is 0 Å². The lowest BCUT2D eigenvalue weighted by molar-refractivity contribution is 0.516. The lowest BCUT2D eigenvalue weighted by Crippen LogP contribution is -2.27. The second-order valence-corrected chi connectivity index (χ2v) is 5.24. The van der Waals surface area contributed by atoms with Gasteiger partial charge >= 0.3 is 0 Å². The van der Waals surface area contributed by atoms with Crippen molar-refractivity contribution in [3.8, 4) is 0 Å². The van der Waals surface area contributed by atoms with E-state index in [1.807, 2.05) is 13.1 Å². The largest absolute Gasteiger partial charge is 0.309 e. The zero-order valence-corrected chi connectivity index (χ0v) is 10.5. The van der Waals surface area contributed by atoms with Crippen LogP contribution >= 0.6 is 11.6 Å². The van der Waals surface area contributed by atoms with Crippen molar-refractivity contribution in [2.24, 2.45) is 0 Å². The molecular weight excluding hydrogens is 238 g/mol. The Morgan fingerprint density at radius 3 is 2.71 bits per heavy atom. The maximum Gasteiger partial charge on any atom is 0.251 e. The van der Waals surface area contributed by atoms with Gasteiger partial charge in [-0.1, -0.05) is 11.6 Å². The smallest absolute Gasteiger partial charge is 0.251 e. The van der Waals surface area contributed by atoms with E-state index in [4.69, 9.17) is 11.6 Å². The van der Waals surface area contributed by atoms with Crippen molar-refractivity contribution in [3.63, 3.8) is 0 Å². The molecule has 0 atom stereocenters. The maximum atomic E-state index is 12.1. The van der Waals surface area contributed by atoms with Crippen LogP contribution in [0.15, 0.2) is 17.1 Å². The minimum absolute atomic E-state index is 0.00432. The van der Waals surface area contributed by atoms with Crippen molar-refractivity contribution in [3.05, 3.63) is 33.5 Å². The van der Waals surface area contributed by atoms with Gasteiger partial charge in [-0.05, 0) is 26.7 Å². The molecule has 1 aliphatic rings. The van der Waals surface area contributed by atoms with Crippen LogP contribution in [0.4, 0.5) is 0 Å². The van der Waals surface area contributed by atoms with Crippen LogP contribution in [0.3, 0.4) is 0 Å². The van der Waals surface area contributed by atoms with E-state index in [-0.39, 0.29) is 11.1 Å². The molecule has 5 heteroatoms. The fraction of sp³-hybridized carbons (Fsp3) is 0.417. The Morgan fingerprint density at radius 1 is 1.35 bits per heavy atom. The predicted molar refractivity (Wildman–Crippen MR) is 66.4 cm³/mol. The number of hydrogen-bond acceptors (Lipinski definition) is 3. The third kappa shape index (κ3) is 1.55. The van der Waals surface area contributed by atoms with Crippen LogP contribution in [-0.2, 0) is 5.54 Å². The van der Waals surface area contributed by atoms with E-state index in [1.54, 1.807) is 10.6 Å². The molecule has 0 saturated heterocycles. The number of rotatable bonds is 1. The number of aromatic nitrogens is 3. The summed E-state index contributed by atoms with van der Waals surface area (Å²) in [7, 11) is 0. The van der Waals surface area contributed by atoms with Gasteiger partial charge in [-0.2, -0.15) is 5.10 Å². The van der Waals surface area contributed by atoms with Gasteiger partial charge in [0.25, 0.3) is 5.56 Å². The molecular formula is C12H12ClN3O. The lowest BCUT2D eigenvalue weighted by atomic mass is 10.2. The van der Waals surface area contributed by atoms with E-state index in [9.17, 15) is 4.79 Å². The third-order valence-electron chi connectivity index (χ3n) is 3.51. The van der Waals surface area contributed by atoms with E-state index in [1.165, 1.54) is 0 Å². The molecule has 3 rings (SSSR count). The highest BCUT2D eigenvalue weighted by Gasteiger charge is 2.40. The summed E-state index contributed by atoms with van der Waals surface area (Å²) in [5.41, 5.74) is 0.699. The molecule has 1 fully saturated rings. The SMILES string of the molecule is Cc1nnc(Cl)c2cn(C3(C)CC3)c(=O)cc12. The third-order valence-corrected chi connectivity index (χ3v) is 3.79. The Kier molecular flexibility index (Phi) is 2.08. The first-order valence-electron chi connectivity index (χ1n) is 5.57. The Hall–Kier alpha value is -1.42. The molecule has 2 heterocycles. The average molecular weight is 250 g/mol. The molecule has 2 aromatic rings. The molecule has 4 nitrogen and oxygen atoms in total. The van der Waals surface area contributed by atoms with Crippen LogP contribution in [0.2, 0.25) is 5.15 Å². The van der Waals surface area contributed by atoms with Crippen molar-refractivity contribution >= 4 is 22.4 Å². The van der Waals surface area contributed by atoms with E-state index >= 15 is 0 Å². The number of hydrogen-bond donors (Lipinski definition) is 0. The highest BCUT2D eigenvalue weighted by atomic mass is 35.5. The van der Waals surface area contributed by atoms with Crippen LogP contribution in [0.5, 0.6) is 0 Å². The molecule has 0 spiro atoms. The Labute approximate surface area is 103 Å². The summed E-state index contributed by atoms with van der Waals surface area (Å²) in [4.78, 5) is 12.1. The maximum absolute atomic E-state index is 12.1. The molecule has 2 aromatic heterocycles. The molecule has 0 radical (unpaired) electrons. The fourth-order valence-corrected chi connectivity index (χ4v) is 2.26. The molecule has 0 N–H and O–H groups in total. The van der Waals surface area contributed by atoms with E-state index in [0.29, 0.717) is 5.15 Å². The normalized spacial score (nSPS) is 17.4. The molecule has 88 valence electrons. The van der Waals surface area contributed by atoms with E-state index in [2.05, 4.69) is 17.1 Å². The summed E-state index contributed by atoms with van der Waals surface area (Å²) in [6, 6.07) is 1.61. The van der Waals surface area contributed by atoms with Crippen LogP contribution in [0.25, 0.3) is 10.8 Å². The monoisotopic (exact) mass is 249 g/mol. The van der Waals surface area contributed by atoms with Crippen molar-refractivity contribution in [1.29, 1.82) is 0 Å². The van der Waals surface area contributed by atoms with Gasteiger partial charge in [-0.15, -0.1) is 5.10 Å². The number of fused-ring (bicyclic) bond motifs is 1. The number of aryl methyl sites for hydroxylation is 1. The summed E-state index contributed by atoms with van der Waals surface area (Å²) in [6.07, 6.45) is 3.88. The van der Waals surface area contributed by atoms with Gasteiger partial charge in [-0.3, -0.25) is 4.79 Å². The van der Waals surface area contributed by atoms with Gasteiger partial charge in [0.1, 0.15) is 0 Å². The summed E-state index contributed by atoms with van der Waals surface area (Å²) in [5.74, 6) is 0. The first-order valence-corrected chi connectivity index (χ1v) is 5.95. The summed E-state index contributed by atoms with van der Waals surface area (Å²) in [6.45, 7) is 3.91. The fourth-order valence-electron chi connectivity index (χ4n) is 2.07. The molecule has 1 saturated carbocycles. The van der Waals surface area contributed by atoms with Crippen molar-refractivity contribution in [2.75, 3.05) is 0 Å². The zero-order chi connectivity index (χ0) is 12.2. The second kappa shape index (κ2) is 3.29. The lowest BCUT2D eigenvalue weighted by Gasteiger charge is -2.14. The summed E-state index contributed by atoms with van der Waals surface area (Å²) < 4.78 is 1.77. The molecule has 0 unspecified atom stereocenters. The molecule has 0 aliphatic heterocycles. The van der Waals surface area contributed by atoms with Crippen molar-refractivity contribution in [2.45, 2.75) is 32.2 Å². The average Bonchev–Trinajstić information content (AvgIpc) is 3.03. The number of pyridine rings is 1. The summed E-state index contributed by atoms with van der Waals surface area (Å²) >= 11 is 6.03. The molecule has 0 bridgehead atoms. The van der Waals surface area contributed by atoms with Crippen LogP contribution < -0.4 is 5.56 Å². The molecule has 17 heavy (non-hydrogen) atoms. The van der Waals surface area contributed by atoms with Gasteiger partial charge in [0, 0.05) is 28.6 Å². The zero-order valence-electron chi connectivity index (χ0n) is 9.70. The van der Waals surface area contributed by atoms with Crippen LogP contribution in [0.1, 0.15) is 25.5 Å². The van der Waals surface area contributed by atoms with Crippen LogP contribution in [-0.4, -0.2) is 14.8 Å². The Bertz CT molecular complexity index is 673. The van der Waals surface area contributed by atoms with Gasteiger partial charge < -0.3 is 4.57 Å². The van der Waals surface area contributed by atoms with E-state index in [0.717, 1.165) is 29.3 Å². The Morgan fingerprint density at radius 2 is 2.06 bits per heavy atom. The predicted octanol–water partition coefficient (Wildman–Crippen LogP) is 2.26. The van der Waals surface area contributed by atoms with Gasteiger partial charge in [-0.25, -0.2) is 0 Å². The summed E-state index contributed by atoms with van der Waals surface area (Å²) in [5, 5.41) is 9.74. The second-order valence-electron chi connectivity index (χ2n) is 4.88. The highest BCUT2D eigenvalue weighted by Crippen LogP contribution is 2.42. The van der Waals surface area contributed by atoms with Gasteiger partial charge in [0.15, 0.2) is 5.15 Å². The standard InChI is InChI=1S/C12H12ClN3O/c1-7-8-5-10(17)16(12(2)3-4-12)6-9(8)11(13)15-14-7/h5-6H,3-4H2,1-2H3. The topological polar surface area (TPSA) is 47.8 Å². The molecule has 0 aromatic carbocycles. The van der Waals surface area contributed by atoms with Crippen molar-refractivity contribution < 1.29 is 0 Å².